The summed E-state index contributed by atoms with van der Waals surface area (Å²) in [6.07, 6.45) is 9.42. The second-order valence-electron chi connectivity index (χ2n) is 9.10. The zero-order chi connectivity index (χ0) is 21.0. The highest BCUT2D eigenvalue weighted by atomic mass is 16.5. The van der Waals surface area contributed by atoms with Crippen LogP contribution in [0.5, 0.6) is 0 Å². The van der Waals surface area contributed by atoms with E-state index in [0.717, 1.165) is 38.5 Å². The van der Waals surface area contributed by atoms with Crippen LogP contribution in [0.4, 0.5) is 4.79 Å². The quantitative estimate of drug-likeness (QED) is 0.670. The molecule has 2 aliphatic carbocycles. The van der Waals surface area contributed by atoms with Crippen LogP contribution in [0.1, 0.15) is 82.0 Å². The maximum Gasteiger partial charge on any atom is 0.324 e. The molecule has 160 valence electrons. The van der Waals surface area contributed by atoms with Gasteiger partial charge in [0.05, 0.1) is 12.1 Å². The summed E-state index contributed by atoms with van der Waals surface area (Å²) in [7, 11) is 1.79. The van der Waals surface area contributed by atoms with E-state index in [2.05, 4.69) is 30.4 Å². The Bertz CT molecular complexity index is 723. The van der Waals surface area contributed by atoms with E-state index in [1.54, 1.807) is 7.11 Å². The first-order valence-corrected chi connectivity index (χ1v) is 11.1. The number of fused-ring (bicyclic) bond motifs is 1. The number of amides is 3. The van der Waals surface area contributed by atoms with Crippen molar-refractivity contribution >= 4 is 12.4 Å². The summed E-state index contributed by atoms with van der Waals surface area (Å²) in [6, 6.07) is 6.30. The minimum Gasteiger partial charge on any atom is -0.381 e. The fourth-order valence-electron chi connectivity index (χ4n) is 5.12. The number of unbranched alkanes of at least 4 members (excludes halogenated alkanes) is 1. The van der Waals surface area contributed by atoms with E-state index in [-0.39, 0.29) is 23.5 Å². The number of hydrogen-bond donors (Lipinski definition) is 1. The van der Waals surface area contributed by atoms with Crippen molar-refractivity contribution in [1.82, 2.24) is 10.2 Å². The molecule has 1 aromatic carbocycles. The summed E-state index contributed by atoms with van der Waals surface area (Å²) >= 11 is 0. The fourth-order valence-corrected chi connectivity index (χ4v) is 5.12. The molecule has 1 fully saturated rings. The maximum absolute atomic E-state index is 12.9. The highest BCUT2D eigenvalue weighted by molar-refractivity contribution is 5.85. The molecule has 0 aliphatic heterocycles. The maximum atomic E-state index is 12.9. The van der Waals surface area contributed by atoms with Crippen LogP contribution >= 0.6 is 0 Å². The Morgan fingerprint density at radius 3 is 2.66 bits per heavy atom. The number of rotatable bonds is 7. The van der Waals surface area contributed by atoms with Crippen molar-refractivity contribution < 1.29 is 14.3 Å². The molecular formula is C24H36N2O3. The molecule has 0 radical (unpaired) electrons. The first-order valence-electron chi connectivity index (χ1n) is 11.1. The predicted octanol–water partition coefficient (Wildman–Crippen LogP) is 4.78. The Morgan fingerprint density at radius 2 is 2.07 bits per heavy atom. The average Bonchev–Trinajstić information content (AvgIpc) is 2.99. The lowest BCUT2D eigenvalue weighted by molar-refractivity contribution is -0.116. The van der Waals surface area contributed by atoms with E-state index in [0.29, 0.717) is 12.5 Å². The molecular weight excluding hydrogens is 364 g/mol. The predicted molar refractivity (Wildman–Crippen MR) is 115 cm³/mol. The van der Waals surface area contributed by atoms with Gasteiger partial charge in [-0.2, -0.15) is 0 Å². The van der Waals surface area contributed by atoms with Crippen molar-refractivity contribution in [3.05, 3.63) is 34.9 Å². The molecule has 1 unspecified atom stereocenters. The van der Waals surface area contributed by atoms with Crippen molar-refractivity contribution in [3.63, 3.8) is 0 Å². The molecule has 0 aromatic heterocycles. The molecule has 0 bridgehead atoms. The second-order valence-corrected chi connectivity index (χ2v) is 9.10. The van der Waals surface area contributed by atoms with Crippen LogP contribution in [-0.4, -0.2) is 36.6 Å². The lowest BCUT2D eigenvalue weighted by Gasteiger charge is -2.42. The Hall–Kier alpha value is -1.88. The van der Waals surface area contributed by atoms with E-state index >= 15 is 0 Å². The molecule has 5 heteroatoms. The molecule has 1 spiro atoms. The average molecular weight is 401 g/mol. The second kappa shape index (κ2) is 9.29. The van der Waals surface area contributed by atoms with Crippen molar-refractivity contribution in [2.75, 3.05) is 7.11 Å². The van der Waals surface area contributed by atoms with E-state index in [9.17, 15) is 9.59 Å². The SMILES string of the molecule is CCCCc1ccc2c(c1)C(NC(=O)N(C=O)C(C)C)C1(CCC(OC)CC1)C2. The number of urea groups is 1. The first-order chi connectivity index (χ1) is 13.9. The van der Waals surface area contributed by atoms with Gasteiger partial charge in [-0.05, 0) is 80.9 Å². The van der Waals surface area contributed by atoms with Gasteiger partial charge in [-0.25, -0.2) is 4.79 Å². The van der Waals surface area contributed by atoms with Gasteiger partial charge >= 0.3 is 6.03 Å². The lowest BCUT2D eigenvalue weighted by Crippen LogP contribution is -2.48. The first kappa shape index (κ1) is 21.8. The zero-order valence-electron chi connectivity index (χ0n) is 18.4. The third-order valence-corrected chi connectivity index (χ3v) is 6.93. The van der Waals surface area contributed by atoms with Crippen LogP contribution in [0.3, 0.4) is 0 Å². The molecule has 29 heavy (non-hydrogen) atoms. The van der Waals surface area contributed by atoms with E-state index in [1.165, 1.54) is 34.4 Å². The number of nitrogens with zero attached hydrogens (tertiary/aromatic N) is 1. The Labute approximate surface area is 175 Å². The number of hydrogen-bond acceptors (Lipinski definition) is 3. The number of ether oxygens (including phenoxy) is 1. The number of carbonyl (C=O) groups is 2. The smallest absolute Gasteiger partial charge is 0.324 e. The fraction of sp³-hybridized carbons (Fsp3) is 0.667. The zero-order valence-corrected chi connectivity index (χ0v) is 18.4. The van der Waals surface area contributed by atoms with Crippen molar-refractivity contribution in [3.8, 4) is 0 Å². The number of aryl methyl sites for hydroxylation is 1. The van der Waals surface area contributed by atoms with Gasteiger partial charge in [0.25, 0.3) is 0 Å². The van der Waals surface area contributed by atoms with Gasteiger partial charge in [0.15, 0.2) is 0 Å². The van der Waals surface area contributed by atoms with Gasteiger partial charge in [-0.3, -0.25) is 9.69 Å². The number of benzene rings is 1. The molecule has 1 atom stereocenters. The van der Waals surface area contributed by atoms with Gasteiger partial charge < -0.3 is 10.1 Å². The van der Waals surface area contributed by atoms with Crippen LogP contribution < -0.4 is 5.32 Å². The molecule has 2 aliphatic rings. The topological polar surface area (TPSA) is 58.6 Å². The monoisotopic (exact) mass is 400 g/mol. The number of methoxy groups -OCH3 is 1. The Kier molecular flexibility index (Phi) is 6.99. The summed E-state index contributed by atoms with van der Waals surface area (Å²) in [5.74, 6) is 0. The van der Waals surface area contributed by atoms with Crippen molar-refractivity contribution in [1.29, 1.82) is 0 Å². The third-order valence-electron chi connectivity index (χ3n) is 6.93. The van der Waals surface area contributed by atoms with Crippen LogP contribution in [0, 0.1) is 5.41 Å². The summed E-state index contributed by atoms with van der Waals surface area (Å²) in [5, 5.41) is 3.26. The highest BCUT2D eigenvalue weighted by Gasteiger charge is 2.49. The normalized spacial score (nSPS) is 25.8. The summed E-state index contributed by atoms with van der Waals surface area (Å²) in [6.45, 7) is 5.93. The van der Waals surface area contributed by atoms with Crippen LogP contribution in [0.2, 0.25) is 0 Å². The molecule has 3 rings (SSSR count). The minimum atomic E-state index is -0.292. The molecule has 1 N–H and O–H groups in total. The van der Waals surface area contributed by atoms with Crippen LogP contribution in [0.15, 0.2) is 18.2 Å². The van der Waals surface area contributed by atoms with Gasteiger partial charge in [-0.15, -0.1) is 0 Å². The molecule has 1 aromatic rings. The summed E-state index contributed by atoms with van der Waals surface area (Å²) in [5.41, 5.74) is 3.94. The van der Waals surface area contributed by atoms with Gasteiger partial charge in [-0.1, -0.05) is 31.5 Å². The van der Waals surface area contributed by atoms with Crippen molar-refractivity contribution in [2.45, 2.75) is 90.3 Å². The van der Waals surface area contributed by atoms with Gasteiger partial charge in [0, 0.05) is 13.2 Å². The molecule has 5 nitrogen and oxygen atoms in total. The minimum absolute atomic E-state index is 0.0158. The number of imide groups is 1. The van der Waals surface area contributed by atoms with Gasteiger partial charge in [0.2, 0.25) is 6.41 Å². The molecule has 3 amide bonds. The number of carbonyl (C=O) groups excluding carboxylic acids is 2. The third kappa shape index (κ3) is 4.50. The van der Waals surface area contributed by atoms with E-state index in [4.69, 9.17) is 4.74 Å². The molecule has 1 saturated carbocycles. The molecule has 0 saturated heterocycles. The molecule has 0 heterocycles. The summed E-state index contributed by atoms with van der Waals surface area (Å²) in [4.78, 5) is 25.7. The lowest BCUT2D eigenvalue weighted by atomic mass is 9.68. The van der Waals surface area contributed by atoms with Crippen LogP contribution in [-0.2, 0) is 22.4 Å². The van der Waals surface area contributed by atoms with Crippen molar-refractivity contribution in [2.24, 2.45) is 5.41 Å². The Morgan fingerprint density at radius 1 is 1.34 bits per heavy atom. The van der Waals surface area contributed by atoms with E-state index in [1.807, 2.05) is 13.8 Å². The van der Waals surface area contributed by atoms with Crippen LogP contribution in [0.25, 0.3) is 0 Å². The highest BCUT2D eigenvalue weighted by Crippen LogP contribution is 2.54. The standard InChI is InChI=1S/C24H36N2O3/c1-5-6-7-18-8-9-19-15-24(12-10-20(29-4)11-13-24)22(21(19)14-18)25-23(28)26(16-27)17(2)3/h8-9,14,16-17,20,22H,5-7,10-13,15H2,1-4H3,(H,25,28). The largest absolute Gasteiger partial charge is 0.381 e. The van der Waals surface area contributed by atoms with E-state index < -0.39 is 0 Å². The van der Waals surface area contributed by atoms with Gasteiger partial charge in [0.1, 0.15) is 0 Å². The summed E-state index contributed by atoms with van der Waals surface area (Å²) < 4.78 is 5.60. The number of nitrogens with one attached hydrogen (secondary N) is 1. The Balaban J connectivity index is 1.91.